The molecule has 30 heavy (non-hydrogen) atoms. The van der Waals surface area contributed by atoms with E-state index in [0.717, 1.165) is 0 Å². The van der Waals surface area contributed by atoms with Crippen LogP contribution in [0.15, 0.2) is 72.8 Å². The third-order valence-corrected chi connectivity index (χ3v) is 4.26. The highest BCUT2D eigenvalue weighted by atomic mass is 16.5. The lowest BCUT2D eigenvalue weighted by Gasteiger charge is -2.14. The van der Waals surface area contributed by atoms with Gasteiger partial charge in [0.05, 0.1) is 27.0 Å². The first-order chi connectivity index (χ1) is 14.7. The topological polar surface area (TPSA) is 66.0 Å². The Labute approximate surface area is 175 Å². The van der Waals surface area contributed by atoms with Gasteiger partial charge in [0.1, 0.15) is 5.75 Å². The second-order valence-electron chi connectivity index (χ2n) is 6.16. The molecular formula is C24H23NO5. The maximum Gasteiger partial charge on any atom is 0.248 e. The van der Waals surface area contributed by atoms with Crippen molar-refractivity contribution in [3.8, 4) is 28.7 Å². The summed E-state index contributed by atoms with van der Waals surface area (Å²) in [5.74, 6) is 2.41. The van der Waals surface area contributed by atoms with Crippen molar-refractivity contribution in [1.82, 2.24) is 0 Å². The highest BCUT2D eigenvalue weighted by Gasteiger charge is 2.14. The van der Waals surface area contributed by atoms with E-state index in [4.69, 9.17) is 18.9 Å². The number of rotatable bonds is 8. The van der Waals surface area contributed by atoms with Crippen LogP contribution in [0.4, 0.5) is 5.69 Å². The Morgan fingerprint density at radius 2 is 1.47 bits per heavy atom. The summed E-state index contributed by atoms with van der Waals surface area (Å²) in [5, 5.41) is 2.84. The molecule has 3 aromatic rings. The Morgan fingerprint density at radius 1 is 0.767 bits per heavy atom. The van der Waals surface area contributed by atoms with Gasteiger partial charge >= 0.3 is 0 Å². The lowest BCUT2D eigenvalue weighted by molar-refractivity contribution is -0.111. The number of benzene rings is 3. The smallest absolute Gasteiger partial charge is 0.248 e. The Morgan fingerprint density at radius 3 is 2.17 bits per heavy atom. The molecule has 0 heterocycles. The minimum atomic E-state index is -0.309. The van der Waals surface area contributed by atoms with E-state index in [-0.39, 0.29) is 5.91 Å². The summed E-state index contributed by atoms with van der Waals surface area (Å²) in [6, 6.07) is 20.2. The van der Waals surface area contributed by atoms with Crippen LogP contribution in [0, 0.1) is 0 Å². The second kappa shape index (κ2) is 10.0. The van der Waals surface area contributed by atoms with Gasteiger partial charge in [-0.15, -0.1) is 0 Å². The fourth-order valence-electron chi connectivity index (χ4n) is 2.87. The molecule has 1 amide bonds. The van der Waals surface area contributed by atoms with Crippen molar-refractivity contribution in [1.29, 1.82) is 0 Å². The molecule has 0 saturated heterocycles. The first-order valence-electron chi connectivity index (χ1n) is 9.26. The summed E-state index contributed by atoms with van der Waals surface area (Å²) in [6.07, 6.45) is 3.07. The minimum absolute atomic E-state index is 0.309. The highest BCUT2D eigenvalue weighted by molar-refractivity contribution is 6.03. The van der Waals surface area contributed by atoms with Crippen LogP contribution in [-0.4, -0.2) is 27.2 Å². The molecule has 0 unspecified atom stereocenters. The standard InChI is InChI=1S/C24H23NO5/c1-27-21-15-13-17(23(28-2)24(21)29-3)14-16-22(26)25-19-11-7-8-12-20(19)30-18-9-5-4-6-10-18/h4-16H,1-3H3,(H,25,26)/b16-14+. The van der Waals surface area contributed by atoms with Crippen LogP contribution in [0.5, 0.6) is 28.7 Å². The molecule has 154 valence electrons. The van der Waals surface area contributed by atoms with E-state index in [1.54, 1.807) is 37.5 Å². The van der Waals surface area contributed by atoms with Gasteiger partial charge in [0.25, 0.3) is 0 Å². The summed E-state index contributed by atoms with van der Waals surface area (Å²) in [4.78, 5) is 12.5. The van der Waals surface area contributed by atoms with E-state index in [2.05, 4.69) is 5.32 Å². The number of ether oxygens (including phenoxy) is 4. The summed E-state index contributed by atoms with van der Waals surface area (Å²) >= 11 is 0. The largest absolute Gasteiger partial charge is 0.493 e. The lowest BCUT2D eigenvalue weighted by Crippen LogP contribution is -2.08. The number of para-hydroxylation sites is 3. The number of amides is 1. The van der Waals surface area contributed by atoms with Crippen LogP contribution >= 0.6 is 0 Å². The van der Waals surface area contributed by atoms with Crippen molar-refractivity contribution in [2.75, 3.05) is 26.6 Å². The fourth-order valence-corrected chi connectivity index (χ4v) is 2.87. The average Bonchev–Trinajstić information content (AvgIpc) is 2.78. The van der Waals surface area contributed by atoms with Gasteiger partial charge in [0.15, 0.2) is 17.2 Å². The van der Waals surface area contributed by atoms with Crippen molar-refractivity contribution in [2.45, 2.75) is 0 Å². The van der Waals surface area contributed by atoms with Gasteiger partial charge in [-0.2, -0.15) is 0 Å². The molecule has 0 bridgehead atoms. The molecule has 6 heteroatoms. The molecule has 6 nitrogen and oxygen atoms in total. The molecule has 0 saturated carbocycles. The van der Waals surface area contributed by atoms with Gasteiger partial charge in [-0.25, -0.2) is 0 Å². The van der Waals surface area contributed by atoms with Gasteiger partial charge in [-0.1, -0.05) is 30.3 Å². The molecule has 0 fully saturated rings. The third kappa shape index (κ3) is 4.91. The van der Waals surface area contributed by atoms with Gasteiger partial charge in [-0.05, 0) is 42.5 Å². The highest BCUT2D eigenvalue weighted by Crippen LogP contribution is 2.40. The van der Waals surface area contributed by atoms with Crippen LogP contribution in [0.1, 0.15) is 5.56 Å². The predicted octanol–water partition coefficient (Wildman–Crippen LogP) is 5.16. The molecule has 0 aromatic heterocycles. The molecule has 0 atom stereocenters. The number of nitrogens with one attached hydrogen (secondary N) is 1. The normalized spacial score (nSPS) is 10.5. The molecule has 1 N–H and O–H groups in total. The van der Waals surface area contributed by atoms with Crippen LogP contribution in [0.25, 0.3) is 6.08 Å². The summed E-state index contributed by atoms with van der Waals surface area (Å²) < 4.78 is 22.0. The van der Waals surface area contributed by atoms with E-state index < -0.39 is 0 Å². The lowest BCUT2D eigenvalue weighted by atomic mass is 10.1. The van der Waals surface area contributed by atoms with Gasteiger partial charge in [-0.3, -0.25) is 4.79 Å². The number of hydrogen-bond donors (Lipinski definition) is 1. The van der Waals surface area contributed by atoms with Crippen LogP contribution in [0.2, 0.25) is 0 Å². The average molecular weight is 405 g/mol. The fraction of sp³-hybridized carbons (Fsp3) is 0.125. The summed E-state index contributed by atoms with van der Waals surface area (Å²) in [7, 11) is 4.62. The molecule has 0 spiro atoms. The van der Waals surface area contributed by atoms with Crippen molar-refractivity contribution in [3.05, 3.63) is 78.4 Å². The van der Waals surface area contributed by atoms with Crippen molar-refractivity contribution >= 4 is 17.7 Å². The molecule has 3 aromatic carbocycles. The summed E-state index contributed by atoms with van der Waals surface area (Å²) in [6.45, 7) is 0. The van der Waals surface area contributed by atoms with Crippen molar-refractivity contribution in [2.24, 2.45) is 0 Å². The zero-order valence-electron chi connectivity index (χ0n) is 17.0. The number of carbonyl (C=O) groups excluding carboxylic acids is 1. The van der Waals surface area contributed by atoms with E-state index >= 15 is 0 Å². The van der Waals surface area contributed by atoms with E-state index in [1.807, 2.05) is 42.5 Å². The monoisotopic (exact) mass is 405 g/mol. The second-order valence-corrected chi connectivity index (χ2v) is 6.16. The SMILES string of the molecule is COc1ccc(/C=C/C(=O)Nc2ccccc2Oc2ccccc2)c(OC)c1OC. The Balaban J connectivity index is 1.78. The number of carbonyl (C=O) groups is 1. The Hall–Kier alpha value is -3.93. The first-order valence-corrected chi connectivity index (χ1v) is 9.26. The van der Waals surface area contributed by atoms with Crippen LogP contribution in [-0.2, 0) is 4.79 Å². The zero-order chi connectivity index (χ0) is 21.3. The van der Waals surface area contributed by atoms with Gasteiger partial charge < -0.3 is 24.3 Å². The van der Waals surface area contributed by atoms with Gasteiger partial charge in [0, 0.05) is 11.6 Å². The quantitative estimate of drug-likeness (QED) is 0.525. The minimum Gasteiger partial charge on any atom is -0.493 e. The first kappa shape index (κ1) is 20.8. The number of anilines is 1. The number of methoxy groups -OCH3 is 3. The van der Waals surface area contributed by atoms with E-state index in [0.29, 0.717) is 40.0 Å². The molecular weight excluding hydrogens is 382 g/mol. The van der Waals surface area contributed by atoms with Crippen LogP contribution < -0.4 is 24.3 Å². The van der Waals surface area contributed by atoms with E-state index in [1.165, 1.54) is 20.3 Å². The molecule has 0 aliphatic heterocycles. The van der Waals surface area contributed by atoms with Crippen molar-refractivity contribution < 1.29 is 23.7 Å². The third-order valence-electron chi connectivity index (χ3n) is 4.26. The molecule has 0 aliphatic carbocycles. The van der Waals surface area contributed by atoms with Crippen molar-refractivity contribution in [3.63, 3.8) is 0 Å². The summed E-state index contributed by atoms with van der Waals surface area (Å²) in [5.41, 5.74) is 1.24. The Bertz CT molecular complexity index is 1030. The number of hydrogen-bond acceptors (Lipinski definition) is 5. The van der Waals surface area contributed by atoms with E-state index in [9.17, 15) is 4.79 Å². The maximum absolute atomic E-state index is 12.5. The van der Waals surface area contributed by atoms with Crippen LogP contribution in [0.3, 0.4) is 0 Å². The van der Waals surface area contributed by atoms with Gasteiger partial charge in [0.2, 0.25) is 11.7 Å². The molecule has 0 radical (unpaired) electrons. The maximum atomic E-state index is 12.5. The zero-order valence-corrected chi connectivity index (χ0v) is 17.0. The molecule has 0 aliphatic rings. The molecule has 3 rings (SSSR count). The Kier molecular flexibility index (Phi) is 6.95. The predicted molar refractivity (Wildman–Crippen MR) is 117 cm³/mol.